The van der Waals surface area contributed by atoms with Gasteiger partial charge >= 0.3 is 0 Å². The van der Waals surface area contributed by atoms with E-state index in [0.29, 0.717) is 17.2 Å². The van der Waals surface area contributed by atoms with Gasteiger partial charge in [-0.3, -0.25) is 9.10 Å². The van der Waals surface area contributed by atoms with Crippen LogP contribution in [0.3, 0.4) is 0 Å². The van der Waals surface area contributed by atoms with Gasteiger partial charge in [-0.1, -0.05) is 30.3 Å². The smallest absolute Gasteiger partial charge is 0.264 e. The molecule has 0 aromatic heterocycles. The van der Waals surface area contributed by atoms with E-state index in [1.165, 1.54) is 19.2 Å². The Balaban J connectivity index is 1.85. The highest BCUT2D eigenvalue weighted by molar-refractivity contribution is 7.92. The van der Waals surface area contributed by atoms with Crippen LogP contribution in [0.2, 0.25) is 0 Å². The minimum Gasteiger partial charge on any atom is -0.497 e. The van der Waals surface area contributed by atoms with Crippen LogP contribution in [0, 0.1) is 0 Å². The Hall–Kier alpha value is -3.52. The predicted octanol–water partition coefficient (Wildman–Crippen LogP) is 3.78. The van der Waals surface area contributed by atoms with Crippen molar-refractivity contribution in [2.45, 2.75) is 17.9 Å². The number of hydrogen-bond donors (Lipinski definition) is 1. The second kappa shape index (κ2) is 10.2. The first-order chi connectivity index (χ1) is 15.3. The second-order valence-electron chi connectivity index (χ2n) is 7.09. The van der Waals surface area contributed by atoms with Crippen LogP contribution in [0.15, 0.2) is 83.8 Å². The molecule has 0 spiro atoms. The average molecular weight is 455 g/mol. The van der Waals surface area contributed by atoms with Crippen molar-refractivity contribution in [3.63, 3.8) is 0 Å². The van der Waals surface area contributed by atoms with Crippen molar-refractivity contribution >= 4 is 21.6 Å². The Morgan fingerprint density at radius 3 is 1.94 bits per heavy atom. The van der Waals surface area contributed by atoms with Crippen LogP contribution >= 0.6 is 0 Å². The molecule has 0 fully saturated rings. The van der Waals surface area contributed by atoms with Crippen molar-refractivity contribution in [1.82, 2.24) is 5.32 Å². The van der Waals surface area contributed by atoms with Crippen molar-refractivity contribution in [2.24, 2.45) is 0 Å². The first kappa shape index (κ1) is 23.1. The summed E-state index contributed by atoms with van der Waals surface area (Å²) >= 11 is 0. The molecule has 0 radical (unpaired) electrons. The highest BCUT2D eigenvalue weighted by atomic mass is 32.2. The molecule has 0 aliphatic carbocycles. The number of rotatable bonds is 9. The number of hydrogen-bond acceptors (Lipinski definition) is 5. The lowest BCUT2D eigenvalue weighted by Crippen LogP contribution is -2.41. The molecule has 7 nitrogen and oxygen atoms in total. The summed E-state index contributed by atoms with van der Waals surface area (Å²) in [5.41, 5.74) is 1.24. The second-order valence-corrected chi connectivity index (χ2v) is 8.95. The lowest BCUT2D eigenvalue weighted by atomic mass is 10.1. The maximum atomic E-state index is 13.3. The molecule has 0 saturated heterocycles. The van der Waals surface area contributed by atoms with Crippen molar-refractivity contribution in [3.8, 4) is 11.5 Å². The third-order valence-corrected chi connectivity index (χ3v) is 6.76. The van der Waals surface area contributed by atoms with E-state index in [4.69, 9.17) is 9.47 Å². The average Bonchev–Trinajstić information content (AvgIpc) is 2.83. The standard InChI is InChI=1S/C24H26N2O5S/c1-18(19-9-13-21(30-2)14-10-19)25-24(27)17-26(20-11-15-22(31-3)16-12-20)32(28,29)23-7-5-4-6-8-23/h4-16,18H,17H2,1-3H3,(H,25,27)/t18-/m0/s1. The fraction of sp³-hybridized carbons (Fsp3) is 0.208. The quantitative estimate of drug-likeness (QED) is 0.532. The lowest BCUT2D eigenvalue weighted by molar-refractivity contribution is -0.120. The van der Waals surface area contributed by atoms with E-state index in [0.717, 1.165) is 9.87 Å². The van der Waals surface area contributed by atoms with E-state index in [1.807, 2.05) is 31.2 Å². The summed E-state index contributed by atoms with van der Waals surface area (Å²) in [6.45, 7) is 1.47. The van der Waals surface area contributed by atoms with E-state index < -0.39 is 15.9 Å². The highest BCUT2D eigenvalue weighted by Gasteiger charge is 2.27. The Morgan fingerprint density at radius 1 is 0.875 bits per heavy atom. The predicted molar refractivity (Wildman–Crippen MR) is 124 cm³/mol. The first-order valence-corrected chi connectivity index (χ1v) is 11.4. The summed E-state index contributed by atoms with van der Waals surface area (Å²) in [5, 5.41) is 2.87. The van der Waals surface area contributed by atoms with E-state index in [-0.39, 0.29) is 17.5 Å². The molecule has 3 aromatic carbocycles. The minimum absolute atomic E-state index is 0.104. The maximum Gasteiger partial charge on any atom is 0.264 e. The molecular weight excluding hydrogens is 428 g/mol. The van der Waals surface area contributed by atoms with Crippen LogP contribution < -0.4 is 19.1 Å². The van der Waals surface area contributed by atoms with Crippen molar-refractivity contribution in [3.05, 3.63) is 84.4 Å². The molecule has 0 aliphatic heterocycles. The zero-order chi connectivity index (χ0) is 23.1. The zero-order valence-corrected chi connectivity index (χ0v) is 19.0. The van der Waals surface area contributed by atoms with Crippen LogP contribution in [0.25, 0.3) is 0 Å². The SMILES string of the molecule is COc1ccc([C@H](C)NC(=O)CN(c2ccc(OC)cc2)S(=O)(=O)c2ccccc2)cc1. The largest absolute Gasteiger partial charge is 0.497 e. The maximum absolute atomic E-state index is 13.3. The minimum atomic E-state index is -3.96. The molecule has 0 aliphatic rings. The van der Waals surface area contributed by atoms with Gasteiger partial charge in [0.2, 0.25) is 5.91 Å². The molecule has 0 saturated carbocycles. The van der Waals surface area contributed by atoms with Gasteiger partial charge in [0.15, 0.2) is 0 Å². The number of carbonyl (C=O) groups excluding carboxylic acids is 1. The van der Waals surface area contributed by atoms with Gasteiger partial charge < -0.3 is 14.8 Å². The van der Waals surface area contributed by atoms with Crippen molar-refractivity contribution < 1.29 is 22.7 Å². The van der Waals surface area contributed by atoms with E-state index in [2.05, 4.69) is 5.32 Å². The lowest BCUT2D eigenvalue weighted by Gasteiger charge is -2.25. The molecule has 3 aromatic rings. The molecular formula is C24H26N2O5S. The number of carbonyl (C=O) groups is 1. The Kier molecular flexibility index (Phi) is 7.37. The summed E-state index contributed by atoms with van der Waals surface area (Å²) in [6.07, 6.45) is 0. The molecule has 1 atom stereocenters. The topological polar surface area (TPSA) is 84.9 Å². The van der Waals surface area contributed by atoms with Crippen LogP contribution in [-0.4, -0.2) is 35.1 Å². The number of sulfonamides is 1. The monoisotopic (exact) mass is 454 g/mol. The third-order valence-electron chi connectivity index (χ3n) is 4.97. The first-order valence-electron chi connectivity index (χ1n) is 10.0. The van der Waals surface area contributed by atoms with Gasteiger partial charge in [-0.25, -0.2) is 8.42 Å². The molecule has 168 valence electrons. The van der Waals surface area contributed by atoms with Gasteiger partial charge in [-0.15, -0.1) is 0 Å². The fourth-order valence-corrected chi connectivity index (χ4v) is 4.62. The number of methoxy groups -OCH3 is 2. The number of nitrogens with one attached hydrogen (secondary N) is 1. The molecule has 3 rings (SSSR count). The highest BCUT2D eigenvalue weighted by Crippen LogP contribution is 2.26. The van der Waals surface area contributed by atoms with Gasteiger partial charge in [-0.2, -0.15) is 0 Å². The van der Waals surface area contributed by atoms with Gasteiger partial charge in [0.25, 0.3) is 10.0 Å². The number of ether oxygens (including phenoxy) is 2. The van der Waals surface area contributed by atoms with E-state index >= 15 is 0 Å². The molecule has 1 amide bonds. The van der Waals surface area contributed by atoms with Crippen LogP contribution in [0.5, 0.6) is 11.5 Å². The normalized spacial score (nSPS) is 12.0. The Labute approximate surface area is 188 Å². The number of benzene rings is 3. The van der Waals surface area contributed by atoms with Gasteiger partial charge in [0.05, 0.1) is 30.8 Å². The van der Waals surface area contributed by atoms with E-state index in [1.54, 1.807) is 49.6 Å². The Morgan fingerprint density at radius 2 is 1.41 bits per heavy atom. The van der Waals surface area contributed by atoms with Gasteiger partial charge in [0, 0.05) is 0 Å². The van der Waals surface area contributed by atoms with Crippen LogP contribution in [0.1, 0.15) is 18.5 Å². The summed E-state index contributed by atoms with van der Waals surface area (Å²) in [5.74, 6) is 0.874. The summed E-state index contributed by atoms with van der Waals surface area (Å²) in [7, 11) is -0.849. The molecule has 0 unspecified atom stereocenters. The fourth-order valence-electron chi connectivity index (χ4n) is 3.18. The van der Waals surface area contributed by atoms with Crippen LogP contribution in [-0.2, 0) is 14.8 Å². The molecule has 8 heteroatoms. The van der Waals surface area contributed by atoms with Crippen LogP contribution in [0.4, 0.5) is 5.69 Å². The van der Waals surface area contributed by atoms with Gasteiger partial charge in [-0.05, 0) is 61.0 Å². The summed E-state index contributed by atoms with van der Waals surface area (Å²) < 4.78 is 38.1. The Bertz CT molecular complexity index is 1130. The molecule has 1 N–H and O–H groups in total. The van der Waals surface area contributed by atoms with E-state index in [9.17, 15) is 13.2 Å². The third kappa shape index (κ3) is 5.39. The van der Waals surface area contributed by atoms with Crippen molar-refractivity contribution in [1.29, 1.82) is 0 Å². The van der Waals surface area contributed by atoms with Crippen molar-refractivity contribution in [2.75, 3.05) is 25.1 Å². The zero-order valence-electron chi connectivity index (χ0n) is 18.2. The number of anilines is 1. The number of amides is 1. The summed E-state index contributed by atoms with van der Waals surface area (Å²) in [4.78, 5) is 13.0. The molecule has 0 heterocycles. The van der Waals surface area contributed by atoms with Gasteiger partial charge in [0.1, 0.15) is 18.0 Å². The molecule has 32 heavy (non-hydrogen) atoms. The molecule has 0 bridgehead atoms. The summed E-state index contributed by atoms with van der Waals surface area (Å²) in [6, 6.07) is 21.6. The number of nitrogens with zero attached hydrogens (tertiary/aromatic N) is 1.